The van der Waals surface area contributed by atoms with E-state index < -0.39 is 5.97 Å². The molecule has 19 heavy (non-hydrogen) atoms. The second kappa shape index (κ2) is 5.69. The number of hydrogen-bond donors (Lipinski definition) is 1. The molecule has 1 heterocycles. The first-order valence-electron chi connectivity index (χ1n) is 6.75. The lowest BCUT2D eigenvalue weighted by Gasteiger charge is -2.29. The Morgan fingerprint density at radius 1 is 1.47 bits per heavy atom. The predicted octanol–water partition coefficient (Wildman–Crippen LogP) is 2.23. The van der Waals surface area contributed by atoms with Crippen molar-refractivity contribution in [3.05, 3.63) is 11.4 Å². The van der Waals surface area contributed by atoms with Gasteiger partial charge in [0.2, 0.25) is 0 Å². The minimum Gasteiger partial charge on any atom is -0.476 e. The highest BCUT2D eigenvalue weighted by atomic mass is 16.5. The number of nitrogens with zero attached hydrogens (tertiary/aromatic N) is 3. The van der Waals surface area contributed by atoms with Gasteiger partial charge in [-0.15, -0.1) is 5.10 Å². The lowest BCUT2D eigenvalue weighted by molar-refractivity contribution is 0.0497. The summed E-state index contributed by atoms with van der Waals surface area (Å²) in [6, 6.07) is 0.191. The van der Waals surface area contributed by atoms with Crippen LogP contribution in [-0.2, 0) is 4.74 Å². The summed E-state index contributed by atoms with van der Waals surface area (Å²) in [5.74, 6) is -0.918. The van der Waals surface area contributed by atoms with Crippen molar-refractivity contribution in [1.29, 1.82) is 0 Å². The van der Waals surface area contributed by atoms with E-state index in [-0.39, 0.29) is 23.8 Å². The quantitative estimate of drug-likeness (QED) is 0.905. The zero-order chi connectivity index (χ0) is 14.0. The molecule has 0 amide bonds. The number of ether oxygens (including phenoxy) is 1. The molecule has 1 fully saturated rings. The van der Waals surface area contributed by atoms with Crippen molar-refractivity contribution in [2.24, 2.45) is 0 Å². The average molecular weight is 267 g/mol. The molecule has 6 heteroatoms. The molecule has 0 radical (unpaired) electrons. The van der Waals surface area contributed by atoms with E-state index in [2.05, 4.69) is 10.3 Å². The van der Waals surface area contributed by atoms with E-state index in [0.29, 0.717) is 5.69 Å². The number of carboxylic acids is 1. The molecular weight excluding hydrogens is 246 g/mol. The first-order chi connectivity index (χ1) is 9.04. The number of carbonyl (C=O) groups is 1. The van der Waals surface area contributed by atoms with Gasteiger partial charge in [0.25, 0.3) is 0 Å². The Morgan fingerprint density at radius 3 is 2.79 bits per heavy atom. The number of aromatic nitrogens is 3. The van der Waals surface area contributed by atoms with E-state index in [9.17, 15) is 9.90 Å². The molecule has 1 aromatic rings. The highest BCUT2D eigenvalue weighted by Crippen LogP contribution is 2.32. The molecule has 0 saturated heterocycles. The first kappa shape index (κ1) is 14.0. The lowest BCUT2D eigenvalue weighted by Crippen LogP contribution is -2.26. The summed E-state index contributed by atoms with van der Waals surface area (Å²) in [7, 11) is 1.72. The third-order valence-electron chi connectivity index (χ3n) is 3.76. The van der Waals surface area contributed by atoms with Gasteiger partial charge >= 0.3 is 5.97 Å². The molecule has 2 atom stereocenters. The third-order valence-corrected chi connectivity index (χ3v) is 3.76. The molecule has 1 saturated carbocycles. The fourth-order valence-electron chi connectivity index (χ4n) is 2.82. The summed E-state index contributed by atoms with van der Waals surface area (Å²) in [4.78, 5) is 11.2. The predicted molar refractivity (Wildman–Crippen MR) is 69.4 cm³/mol. The van der Waals surface area contributed by atoms with E-state index in [4.69, 9.17) is 4.74 Å². The van der Waals surface area contributed by atoms with Crippen LogP contribution in [0.2, 0.25) is 0 Å². The Kier molecular flexibility index (Phi) is 4.19. The van der Waals surface area contributed by atoms with E-state index in [1.165, 1.54) is 0 Å². The van der Waals surface area contributed by atoms with E-state index in [1.807, 2.05) is 13.8 Å². The van der Waals surface area contributed by atoms with Gasteiger partial charge in [-0.25, -0.2) is 9.48 Å². The molecule has 0 spiro atoms. The molecule has 0 aliphatic heterocycles. The van der Waals surface area contributed by atoms with Crippen LogP contribution in [-0.4, -0.2) is 39.3 Å². The first-order valence-corrected chi connectivity index (χ1v) is 6.75. The van der Waals surface area contributed by atoms with Gasteiger partial charge in [-0.1, -0.05) is 19.1 Å². The minimum atomic E-state index is -1.01. The zero-order valence-corrected chi connectivity index (χ0v) is 11.7. The van der Waals surface area contributed by atoms with Crippen LogP contribution >= 0.6 is 0 Å². The van der Waals surface area contributed by atoms with Crippen molar-refractivity contribution in [3.63, 3.8) is 0 Å². The zero-order valence-electron chi connectivity index (χ0n) is 11.7. The van der Waals surface area contributed by atoms with Crippen molar-refractivity contribution in [2.45, 2.75) is 57.6 Å². The summed E-state index contributed by atoms with van der Waals surface area (Å²) in [6.45, 7) is 3.94. The van der Waals surface area contributed by atoms with Crippen molar-refractivity contribution in [1.82, 2.24) is 15.0 Å². The van der Waals surface area contributed by atoms with Gasteiger partial charge < -0.3 is 9.84 Å². The fourth-order valence-corrected chi connectivity index (χ4v) is 2.82. The molecule has 6 nitrogen and oxygen atoms in total. The van der Waals surface area contributed by atoms with E-state index in [1.54, 1.807) is 11.8 Å². The maximum atomic E-state index is 11.2. The molecule has 2 unspecified atom stereocenters. The van der Waals surface area contributed by atoms with Crippen LogP contribution in [0.1, 0.15) is 67.7 Å². The summed E-state index contributed by atoms with van der Waals surface area (Å²) in [6.07, 6.45) is 4.24. The Balaban J connectivity index is 2.31. The van der Waals surface area contributed by atoms with Gasteiger partial charge in [-0.05, 0) is 31.6 Å². The number of carboxylic acid groups (broad SMARTS) is 1. The van der Waals surface area contributed by atoms with Crippen LogP contribution in [0.4, 0.5) is 0 Å². The maximum Gasteiger partial charge on any atom is 0.358 e. The highest BCUT2D eigenvalue weighted by Gasteiger charge is 2.29. The molecule has 1 aliphatic rings. The molecule has 1 N–H and O–H groups in total. The Hall–Kier alpha value is -1.43. The second-order valence-corrected chi connectivity index (χ2v) is 5.41. The van der Waals surface area contributed by atoms with Gasteiger partial charge in [0.1, 0.15) is 0 Å². The average Bonchev–Trinajstić information content (AvgIpc) is 2.83. The summed E-state index contributed by atoms with van der Waals surface area (Å²) in [5.41, 5.74) is 0.795. The Morgan fingerprint density at radius 2 is 2.21 bits per heavy atom. The van der Waals surface area contributed by atoms with Gasteiger partial charge in [-0.3, -0.25) is 0 Å². The SMILES string of the molecule is COC1CCCC(n2nnc(C(=O)O)c2C(C)C)C1. The largest absolute Gasteiger partial charge is 0.476 e. The van der Waals surface area contributed by atoms with Crippen molar-refractivity contribution >= 4 is 5.97 Å². The monoisotopic (exact) mass is 267 g/mol. The van der Waals surface area contributed by atoms with Crippen LogP contribution in [0.15, 0.2) is 0 Å². The third kappa shape index (κ3) is 2.78. The van der Waals surface area contributed by atoms with Crippen LogP contribution in [0.25, 0.3) is 0 Å². The minimum absolute atomic E-state index is 0.0783. The van der Waals surface area contributed by atoms with Crippen molar-refractivity contribution < 1.29 is 14.6 Å². The molecule has 2 rings (SSSR count). The van der Waals surface area contributed by atoms with Crippen LogP contribution in [0, 0.1) is 0 Å². The van der Waals surface area contributed by atoms with Gasteiger partial charge in [0.15, 0.2) is 5.69 Å². The van der Waals surface area contributed by atoms with E-state index >= 15 is 0 Å². The van der Waals surface area contributed by atoms with Gasteiger partial charge in [0, 0.05) is 7.11 Å². The fraction of sp³-hybridized carbons (Fsp3) is 0.769. The van der Waals surface area contributed by atoms with Gasteiger partial charge in [0.05, 0.1) is 17.8 Å². The normalized spacial score (nSPS) is 23.8. The van der Waals surface area contributed by atoms with Crippen molar-refractivity contribution in [2.75, 3.05) is 7.11 Å². The Bertz CT molecular complexity index is 456. The smallest absolute Gasteiger partial charge is 0.358 e. The molecule has 0 aromatic carbocycles. The molecule has 106 valence electrons. The maximum absolute atomic E-state index is 11.2. The number of rotatable bonds is 4. The Labute approximate surface area is 112 Å². The number of aromatic carboxylic acids is 1. The molecular formula is C13H21N3O3. The van der Waals surface area contributed by atoms with Crippen LogP contribution < -0.4 is 0 Å². The van der Waals surface area contributed by atoms with Crippen LogP contribution in [0.5, 0.6) is 0 Å². The molecule has 1 aliphatic carbocycles. The summed E-state index contributed by atoms with van der Waals surface area (Å²) >= 11 is 0. The lowest BCUT2D eigenvalue weighted by atomic mass is 9.92. The van der Waals surface area contributed by atoms with Crippen LogP contribution in [0.3, 0.4) is 0 Å². The van der Waals surface area contributed by atoms with Crippen molar-refractivity contribution in [3.8, 4) is 0 Å². The highest BCUT2D eigenvalue weighted by molar-refractivity contribution is 5.86. The van der Waals surface area contributed by atoms with E-state index in [0.717, 1.165) is 25.7 Å². The van der Waals surface area contributed by atoms with Gasteiger partial charge in [-0.2, -0.15) is 0 Å². The molecule has 0 bridgehead atoms. The number of methoxy groups -OCH3 is 1. The topological polar surface area (TPSA) is 77.2 Å². The summed E-state index contributed by atoms with van der Waals surface area (Å²) < 4.78 is 7.22. The second-order valence-electron chi connectivity index (χ2n) is 5.41. The number of hydrogen-bond acceptors (Lipinski definition) is 4. The standard InChI is InChI=1S/C13H21N3O3/c1-8(2)12-11(13(17)18)14-15-16(12)9-5-4-6-10(7-9)19-3/h8-10H,4-7H2,1-3H3,(H,17,18). The summed E-state index contributed by atoms with van der Waals surface area (Å²) in [5, 5.41) is 17.1. The molecule has 1 aromatic heterocycles.